The van der Waals surface area contributed by atoms with Crippen molar-refractivity contribution in [3.8, 4) is 11.5 Å². The Morgan fingerprint density at radius 1 is 1.00 bits per heavy atom. The van der Waals surface area contributed by atoms with Crippen molar-refractivity contribution in [2.45, 2.75) is 10.8 Å². The van der Waals surface area contributed by atoms with Crippen molar-refractivity contribution < 1.29 is 4.74 Å². The highest BCUT2D eigenvalue weighted by molar-refractivity contribution is 7.99. The van der Waals surface area contributed by atoms with Gasteiger partial charge < -0.3 is 4.74 Å². The minimum absolute atomic E-state index is 0.523. The lowest BCUT2D eigenvalue weighted by atomic mass is 10.2. The lowest BCUT2D eigenvalue weighted by molar-refractivity contribution is 0.482. The molecule has 0 saturated carbocycles. The second kappa shape index (κ2) is 7.27. The average Bonchev–Trinajstić information content (AvgIpc) is 2.47. The van der Waals surface area contributed by atoms with E-state index >= 15 is 0 Å². The summed E-state index contributed by atoms with van der Waals surface area (Å²) in [6, 6.07) is 15.8. The number of rotatable bonds is 6. The topological polar surface area (TPSA) is 9.23 Å². The number of hydrogen-bond donors (Lipinski definition) is 0. The smallest absolute Gasteiger partial charge is 0.127 e. The summed E-state index contributed by atoms with van der Waals surface area (Å²) in [6.07, 6.45) is 1.90. The maximum absolute atomic E-state index is 5.76. The summed E-state index contributed by atoms with van der Waals surface area (Å²) in [4.78, 5) is 1.21. The van der Waals surface area contributed by atoms with Crippen LogP contribution in [0.2, 0.25) is 0 Å². The summed E-state index contributed by atoms with van der Waals surface area (Å²) in [5.74, 6) is 3.09. The zero-order valence-corrected chi connectivity index (χ0v) is 12.1. The molecule has 0 aliphatic carbocycles. The van der Waals surface area contributed by atoms with E-state index in [0.29, 0.717) is 5.88 Å². The Morgan fingerprint density at radius 2 is 1.58 bits per heavy atom. The van der Waals surface area contributed by atoms with E-state index < -0.39 is 0 Å². The van der Waals surface area contributed by atoms with Crippen LogP contribution in [0, 0.1) is 0 Å². The summed E-state index contributed by atoms with van der Waals surface area (Å²) in [5, 5.41) is 0. The molecule has 0 heterocycles. The first-order chi connectivity index (χ1) is 9.31. The molecule has 2 rings (SSSR count). The van der Waals surface area contributed by atoms with Gasteiger partial charge in [0.25, 0.3) is 0 Å². The van der Waals surface area contributed by atoms with E-state index in [0.717, 1.165) is 22.8 Å². The van der Waals surface area contributed by atoms with Crippen molar-refractivity contribution in [3.63, 3.8) is 0 Å². The molecule has 19 heavy (non-hydrogen) atoms. The molecule has 0 saturated heterocycles. The zero-order chi connectivity index (χ0) is 13.5. The fourth-order valence-electron chi connectivity index (χ4n) is 1.54. The first-order valence-corrected chi connectivity index (χ1v) is 7.50. The third-order valence-electron chi connectivity index (χ3n) is 2.50. The number of ether oxygens (including phenoxy) is 1. The maximum Gasteiger partial charge on any atom is 0.127 e. The number of alkyl halides is 1. The molecule has 0 atom stereocenters. The molecule has 98 valence electrons. The summed E-state index contributed by atoms with van der Waals surface area (Å²) in [7, 11) is 0. The predicted octanol–water partition coefficient (Wildman–Crippen LogP) is 5.50. The van der Waals surface area contributed by atoms with Crippen molar-refractivity contribution in [1.82, 2.24) is 0 Å². The molecular formula is C16H15ClOS. The molecular weight excluding hydrogens is 276 g/mol. The minimum Gasteiger partial charge on any atom is -0.457 e. The van der Waals surface area contributed by atoms with Crippen molar-refractivity contribution in [2.24, 2.45) is 0 Å². The predicted molar refractivity (Wildman–Crippen MR) is 83.4 cm³/mol. The fourth-order valence-corrected chi connectivity index (χ4v) is 2.36. The van der Waals surface area contributed by atoms with E-state index in [2.05, 4.69) is 18.7 Å². The lowest BCUT2D eigenvalue weighted by Gasteiger charge is -2.07. The molecule has 2 aromatic rings. The van der Waals surface area contributed by atoms with Gasteiger partial charge in [-0.05, 0) is 42.0 Å². The van der Waals surface area contributed by atoms with Crippen LogP contribution >= 0.6 is 23.4 Å². The first-order valence-electron chi connectivity index (χ1n) is 5.98. The van der Waals surface area contributed by atoms with Crippen LogP contribution in [0.25, 0.3) is 0 Å². The van der Waals surface area contributed by atoms with E-state index in [-0.39, 0.29) is 0 Å². The maximum atomic E-state index is 5.76. The van der Waals surface area contributed by atoms with E-state index in [1.807, 2.05) is 42.5 Å². The van der Waals surface area contributed by atoms with Crippen LogP contribution in [0.1, 0.15) is 5.56 Å². The Bertz CT molecular complexity index is 519. The van der Waals surface area contributed by atoms with Gasteiger partial charge in [0.15, 0.2) is 0 Å². The largest absolute Gasteiger partial charge is 0.457 e. The van der Waals surface area contributed by atoms with Gasteiger partial charge in [0, 0.05) is 16.5 Å². The van der Waals surface area contributed by atoms with Crippen molar-refractivity contribution >= 4 is 23.4 Å². The lowest BCUT2D eigenvalue weighted by Crippen LogP contribution is -1.85. The number of thioether (sulfide) groups is 1. The van der Waals surface area contributed by atoms with Crippen LogP contribution in [0.15, 0.2) is 66.1 Å². The van der Waals surface area contributed by atoms with E-state index in [1.165, 1.54) is 4.90 Å². The summed E-state index contributed by atoms with van der Waals surface area (Å²) in [5.41, 5.74) is 1.09. The van der Waals surface area contributed by atoms with Crippen LogP contribution in [0.5, 0.6) is 11.5 Å². The summed E-state index contributed by atoms with van der Waals surface area (Å²) >= 11 is 7.50. The summed E-state index contributed by atoms with van der Waals surface area (Å²) in [6.45, 7) is 3.71. The minimum atomic E-state index is 0.523. The zero-order valence-electron chi connectivity index (χ0n) is 10.5. The van der Waals surface area contributed by atoms with Crippen molar-refractivity contribution in [3.05, 3.63) is 66.7 Å². The van der Waals surface area contributed by atoms with Gasteiger partial charge in [-0.3, -0.25) is 0 Å². The highest BCUT2D eigenvalue weighted by atomic mass is 35.5. The molecule has 0 radical (unpaired) electrons. The molecule has 3 heteroatoms. The van der Waals surface area contributed by atoms with Crippen LogP contribution in [-0.2, 0) is 5.88 Å². The number of halogens is 1. The standard InChI is InChI=1S/C16H15ClOS/c1-2-11-19-16-9-7-15(8-10-16)18-14-5-3-13(12-17)4-6-14/h2-10H,1,11-12H2. The normalized spacial score (nSPS) is 10.2. The van der Waals surface area contributed by atoms with Crippen LogP contribution in [0.4, 0.5) is 0 Å². The van der Waals surface area contributed by atoms with Crippen molar-refractivity contribution in [1.29, 1.82) is 0 Å². The Balaban J connectivity index is 1.99. The molecule has 0 fully saturated rings. The Labute approximate surface area is 123 Å². The van der Waals surface area contributed by atoms with Crippen LogP contribution < -0.4 is 4.74 Å². The van der Waals surface area contributed by atoms with E-state index in [1.54, 1.807) is 11.8 Å². The summed E-state index contributed by atoms with van der Waals surface area (Å²) < 4.78 is 5.76. The molecule has 0 unspecified atom stereocenters. The monoisotopic (exact) mass is 290 g/mol. The Kier molecular flexibility index (Phi) is 5.37. The van der Waals surface area contributed by atoms with Gasteiger partial charge in [-0.1, -0.05) is 18.2 Å². The SMILES string of the molecule is C=CCSc1ccc(Oc2ccc(CCl)cc2)cc1. The quantitative estimate of drug-likeness (QED) is 0.395. The number of hydrogen-bond acceptors (Lipinski definition) is 2. The van der Waals surface area contributed by atoms with Gasteiger partial charge >= 0.3 is 0 Å². The van der Waals surface area contributed by atoms with Gasteiger partial charge in [-0.2, -0.15) is 0 Å². The second-order valence-electron chi connectivity index (χ2n) is 3.95. The van der Waals surface area contributed by atoms with E-state index in [4.69, 9.17) is 16.3 Å². The fraction of sp³-hybridized carbons (Fsp3) is 0.125. The van der Waals surface area contributed by atoms with Gasteiger partial charge in [-0.15, -0.1) is 29.9 Å². The van der Waals surface area contributed by atoms with Crippen molar-refractivity contribution in [2.75, 3.05) is 5.75 Å². The van der Waals surface area contributed by atoms with E-state index in [9.17, 15) is 0 Å². The molecule has 0 N–H and O–H groups in total. The third-order valence-corrected chi connectivity index (χ3v) is 3.82. The molecule has 0 aliphatic rings. The second-order valence-corrected chi connectivity index (χ2v) is 5.31. The van der Waals surface area contributed by atoms with Gasteiger partial charge in [-0.25, -0.2) is 0 Å². The average molecular weight is 291 g/mol. The molecule has 1 nitrogen and oxygen atoms in total. The number of benzene rings is 2. The highest BCUT2D eigenvalue weighted by Crippen LogP contribution is 2.25. The Morgan fingerprint density at radius 3 is 2.11 bits per heavy atom. The third kappa shape index (κ3) is 4.34. The van der Waals surface area contributed by atoms with Gasteiger partial charge in [0.1, 0.15) is 11.5 Å². The Hall–Kier alpha value is -1.38. The molecule has 0 spiro atoms. The highest BCUT2D eigenvalue weighted by Gasteiger charge is 1.98. The molecule has 2 aromatic carbocycles. The molecule has 0 aromatic heterocycles. The van der Waals surface area contributed by atoms with Gasteiger partial charge in [0.05, 0.1) is 0 Å². The van der Waals surface area contributed by atoms with Crippen LogP contribution in [0.3, 0.4) is 0 Å². The van der Waals surface area contributed by atoms with Crippen LogP contribution in [-0.4, -0.2) is 5.75 Å². The molecule has 0 bridgehead atoms. The van der Waals surface area contributed by atoms with Gasteiger partial charge in [0.2, 0.25) is 0 Å². The molecule has 0 amide bonds. The molecule has 0 aliphatic heterocycles. The first kappa shape index (κ1) is 14.0.